The van der Waals surface area contributed by atoms with Crippen LogP contribution in [0.5, 0.6) is 11.5 Å². The molecule has 0 spiro atoms. The summed E-state index contributed by atoms with van der Waals surface area (Å²) in [6.45, 7) is 6.33. The molecular weight excluding hydrogens is 256 g/mol. The molecule has 1 unspecified atom stereocenters. The predicted octanol–water partition coefficient (Wildman–Crippen LogP) is 1.48. The summed E-state index contributed by atoms with van der Waals surface area (Å²) in [6.07, 6.45) is 1.06. The third-order valence-corrected chi connectivity index (χ3v) is 2.73. The van der Waals surface area contributed by atoms with E-state index in [2.05, 4.69) is 17.2 Å². The van der Waals surface area contributed by atoms with Crippen LogP contribution < -0.4 is 20.1 Å². The maximum atomic E-state index is 11.8. The summed E-state index contributed by atoms with van der Waals surface area (Å²) in [7, 11) is 3.47. The molecule has 0 aliphatic carbocycles. The van der Waals surface area contributed by atoms with Crippen molar-refractivity contribution in [2.24, 2.45) is 0 Å². The van der Waals surface area contributed by atoms with Crippen LogP contribution in [-0.2, 0) is 11.3 Å². The van der Waals surface area contributed by atoms with E-state index in [4.69, 9.17) is 9.47 Å². The van der Waals surface area contributed by atoms with Crippen LogP contribution in [0.2, 0.25) is 0 Å². The van der Waals surface area contributed by atoms with E-state index in [-0.39, 0.29) is 5.91 Å². The molecule has 0 heterocycles. The van der Waals surface area contributed by atoms with Crippen LogP contribution in [0.3, 0.4) is 0 Å². The number of amides is 1. The molecule has 1 rings (SSSR count). The average Bonchev–Trinajstić information content (AvgIpc) is 2.46. The maximum absolute atomic E-state index is 11.8. The Bertz CT molecular complexity index is 460. The van der Waals surface area contributed by atoms with Gasteiger partial charge in [0.15, 0.2) is 6.10 Å². The maximum Gasteiger partial charge on any atom is 0.261 e. The summed E-state index contributed by atoms with van der Waals surface area (Å²) in [6, 6.07) is 5.51. The highest BCUT2D eigenvalue weighted by Crippen LogP contribution is 2.25. The van der Waals surface area contributed by atoms with E-state index in [9.17, 15) is 4.79 Å². The molecule has 0 aliphatic heterocycles. The fourth-order valence-electron chi connectivity index (χ4n) is 1.69. The second-order valence-electron chi connectivity index (χ2n) is 4.30. The lowest BCUT2D eigenvalue weighted by molar-refractivity contribution is -0.127. The van der Waals surface area contributed by atoms with Gasteiger partial charge in [0.2, 0.25) is 0 Å². The van der Waals surface area contributed by atoms with Gasteiger partial charge in [0.05, 0.1) is 7.11 Å². The first-order chi connectivity index (χ1) is 9.62. The van der Waals surface area contributed by atoms with E-state index in [1.807, 2.05) is 25.2 Å². The molecule has 2 N–H and O–H groups in total. The van der Waals surface area contributed by atoms with Crippen molar-refractivity contribution in [3.05, 3.63) is 36.4 Å². The van der Waals surface area contributed by atoms with Crippen molar-refractivity contribution in [2.75, 3.05) is 20.7 Å². The van der Waals surface area contributed by atoms with E-state index >= 15 is 0 Å². The summed E-state index contributed by atoms with van der Waals surface area (Å²) in [5, 5.41) is 5.77. The Morgan fingerprint density at radius 3 is 2.85 bits per heavy atom. The second-order valence-corrected chi connectivity index (χ2v) is 4.30. The number of rotatable bonds is 8. The van der Waals surface area contributed by atoms with Gasteiger partial charge in [-0.2, -0.15) is 0 Å². The summed E-state index contributed by atoms with van der Waals surface area (Å²) in [4.78, 5) is 11.8. The third-order valence-electron chi connectivity index (χ3n) is 2.73. The molecule has 0 saturated heterocycles. The molecule has 1 atom stereocenters. The van der Waals surface area contributed by atoms with Crippen molar-refractivity contribution in [2.45, 2.75) is 19.6 Å². The zero-order valence-corrected chi connectivity index (χ0v) is 12.2. The van der Waals surface area contributed by atoms with Crippen LogP contribution >= 0.6 is 0 Å². The Balaban J connectivity index is 2.79. The molecule has 110 valence electrons. The highest BCUT2D eigenvalue weighted by atomic mass is 16.5. The molecule has 1 aromatic carbocycles. The molecule has 5 heteroatoms. The Hall–Kier alpha value is -2.01. The minimum atomic E-state index is -0.570. The number of carbonyl (C=O) groups excluding carboxylic acids is 1. The Kier molecular flexibility index (Phi) is 6.59. The number of ether oxygens (including phenoxy) is 2. The zero-order valence-electron chi connectivity index (χ0n) is 12.2. The van der Waals surface area contributed by atoms with Gasteiger partial charge in [-0.05, 0) is 32.2 Å². The van der Waals surface area contributed by atoms with Gasteiger partial charge < -0.3 is 20.1 Å². The largest absolute Gasteiger partial charge is 0.497 e. The first-order valence-corrected chi connectivity index (χ1v) is 6.49. The van der Waals surface area contributed by atoms with E-state index < -0.39 is 6.10 Å². The smallest absolute Gasteiger partial charge is 0.261 e. The summed E-state index contributed by atoms with van der Waals surface area (Å²) in [5.74, 6) is 1.25. The van der Waals surface area contributed by atoms with Crippen LogP contribution in [0.15, 0.2) is 30.9 Å². The van der Waals surface area contributed by atoms with Gasteiger partial charge in [0.1, 0.15) is 11.5 Å². The lowest BCUT2D eigenvalue weighted by Gasteiger charge is -2.17. The molecule has 0 bridgehead atoms. The van der Waals surface area contributed by atoms with Gasteiger partial charge >= 0.3 is 0 Å². The monoisotopic (exact) mass is 278 g/mol. The first kappa shape index (κ1) is 16.0. The number of carbonyl (C=O) groups is 1. The van der Waals surface area contributed by atoms with Crippen molar-refractivity contribution in [3.63, 3.8) is 0 Å². The van der Waals surface area contributed by atoms with E-state index in [1.165, 1.54) is 0 Å². The Morgan fingerprint density at radius 2 is 2.25 bits per heavy atom. The highest BCUT2D eigenvalue weighted by molar-refractivity contribution is 5.80. The van der Waals surface area contributed by atoms with Crippen LogP contribution in [0.1, 0.15) is 12.5 Å². The van der Waals surface area contributed by atoms with Crippen LogP contribution in [0.25, 0.3) is 0 Å². The molecule has 0 fully saturated rings. The average molecular weight is 278 g/mol. The Labute approximate surface area is 120 Å². The number of hydrogen-bond donors (Lipinski definition) is 2. The quantitative estimate of drug-likeness (QED) is 0.707. The Morgan fingerprint density at radius 1 is 1.50 bits per heavy atom. The van der Waals surface area contributed by atoms with E-state index in [1.54, 1.807) is 20.1 Å². The number of nitrogens with one attached hydrogen (secondary N) is 2. The van der Waals surface area contributed by atoms with E-state index in [0.29, 0.717) is 18.8 Å². The van der Waals surface area contributed by atoms with Crippen LogP contribution in [-0.4, -0.2) is 32.7 Å². The fraction of sp³-hybridized carbons (Fsp3) is 0.400. The molecule has 1 aromatic rings. The first-order valence-electron chi connectivity index (χ1n) is 6.49. The summed E-state index contributed by atoms with van der Waals surface area (Å²) in [5.41, 5.74) is 0.940. The fourth-order valence-corrected chi connectivity index (χ4v) is 1.69. The predicted molar refractivity (Wildman–Crippen MR) is 79.1 cm³/mol. The van der Waals surface area contributed by atoms with Crippen LogP contribution in [0.4, 0.5) is 0 Å². The van der Waals surface area contributed by atoms with Gasteiger partial charge in [-0.15, -0.1) is 6.58 Å². The van der Waals surface area contributed by atoms with Gasteiger partial charge in [0, 0.05) is 18.7 Å². The number of hydrogen-bond acceptors (Lipinski definition) is 4. The van der Waals surface area contributed by atoms with Crippen molar-refractivity contribution in [1.82, 2.24) is 10.6 Å². The van der Waals surface area contributed by atoms with Crippen molar-refractivity contribution in [1.29, 1.82) is 0 Å². The standard InChI is InChI=1S/C15H22N2O3/c1-5-8-17-15(18)11(2)20-14-7-6-13(19-4)9-12(14)10-16-3/h5-7,9,11,16H,1,8,10H2,2-4H3,(H,17,18). The molecule has 0 saturated carbocycles. The number of methoxy groups -OCH3 is 1. The lowest BCUT2D eigenvalue weighted by Crippen LogP contribution is -2.36. The summed E-state index contributed by atoms with van der Waals surface area (Å²) < 4.78 is 10.9. The van der Waals surface area contributed by atoms with Crippen molar-refractivity contribution < 1.29 is 14.3 Å². The molecule has 0 radical (unpaired) electrons. The minimum absolute atomic E-state index is 0.170. The SMILES string of the molecule is C=CCNC(=O)C(C)Oc1ccc(OC)cc1CNC. The third kappa shape index (κ3) is 4.59. The topological polar surface area (TPSA) is 59.6 Å². The summed E-state index contributed by atoms with van der Waals surface area (Å²) >= 11 is 0. The minimum Gasteiger partial charge on any atom is -0.497 e. The molecule has 20 heavy (non-hydrogen) atoms. The molecule has 5 nitrogen and oxygen atoms in total. The zero-order chi connectivity index (χ0) is 15.0. The van der Waals surface area contributed by atoms with E-state index in [0.717, 1.165) is 11.3 Å². The normalized spacial score (nSPS) is 11.6. The van der Waals surface area contributed by atoms with Gasteiger partial charge in [-0.3, -0.25) is 4.79 Å². The second kappa shape index (κ2) is 8.22. The van der Waals surface area contributed by atoms with Crippen molar-refractivity contribution in [3.8, 4) is 11.5 Å². The molecule has 0 aliphatic rings. The lowest BCUT2D eigenvalue weighted by atomic mass is 10.2. The number of benzene rings is 1. The van der Waals surface area contributed by atoms with Crippen molar-refractivity contribution >= 4 is 5.91 Å². The van der Waals surface area contributed by atoms with Gasteiger partial charge in [-0.1, -0.05) is 6.08 Å². The van der Waals surface area contributed by atoms with Gasteiger partial charge in [0.25, 0.3) is 5.91 Å². The van der Waals surface area contributed by atoms with Crippen LogP contribution in [0, 0.1) is 0 Å². The highest BCUT2D eigenvalue weighted by Gasteiger charge is 2.15. The molecule has 1 amide bonds. The molecule has 0 aromatic heterocycles. The van der Waals surface area contributed by atoms with Gasteiger partial charge in [-0.25, -0.2) is 0 Å². The molecular formula is C15H22N2O3.